The van der Waals surface area contributed by atoms with Gasteiger partial charge in [-0.05, 0) is 52.4 Å². The molecule has 1 heterocycles. The van der Waals surface area contributed by atoms with Crippen molar-refractivity contribution in [3.63, 3.8) is 0 Å². The second kappa shape index (κ2) is 15.0. The number of nitrogens with one attached hydrogen (secondary N) is 3. The molecule has 0 radical (unpaired) electrons. The molecular formula is C30H40FN7O3. The van der Waals surface area contributed by atoms with Gasteiger partial charge in [0.1, 0.15) is 11.9 Å². The molecule has 10 nitrogen and oxygen atoms in total. The van der Waals surface area contributed by atoms with Gasteiger partial charge in [0.25, 0.3) is 0 Å². The van der Waals surface area contributed by atoms with Gasteiger partial charge in [-0.1, -0.05) is 24.3 Å². The molecule has 41 heavy (non-hydrogen) atoms. The normalized spacial score (nSPS) is 17.4. The number of amides is 2. The zero-order valence-electron chi connectivity index (χ0n) is 24.6. The maximum atomic E-state index is 14.0. The van der Waals surface area contributed by atoms with E-state index >= 15 is 0 Å². The Kier molecular flexibility index (Phi) is 11.5. The van der Waals surface area contributed by atoms with Crippen molar-refractivity contribution in [2.24, 2.45) is 5.92 Å². The SMILES string of the molecule is CNc1nc(Nc2ccc(OC)c(F)c2)ncc1C#C[C@@H]1CCC[C@H](NC(=O)[C@H](C)N(C)C(=O)C=CCN(C)C)C1. The molecule has 220 valence electrons. The van der Waals surface area contributed by atoms with E-state index in [1.807, 2.05) is 19.0 Å². The summed E-state index contributed by atoms with van der Waals surface area (Å²) >= 11 is 0. The highest BCUT2D eigenvalue weighted by Crippen LogP contribution is 2.25. The molecule has 1 saturated carbocycles. The highest BCUT2D eigenvalue weighted by molar-refractivity contribution is 5.92. The third-order valence-corrected chi connectivity index (χ3v) is 6.90. The Hall–Kier alpha value is -4.17. The van der Waals surface area contributed by atoms with Gasteiger partial charge in [0.2, 0.25) is 17.8 Å². The number of likely N-dealkylation sites (N-methyl/N-ethyl adjacent to an activating group) is 2. The van der Waals surface area contributed by atoms with Crippen LogP contribution in [-0.2, 0) is 9.59 Å². The van der Waals surface area contributed by atoms with Crippen LogP contribution in [0.2, 0.25) is 0 Å². The molecule has 1 aliphatic rings. The zero-order chi connectivity index (χ0) is 29.9. The van der Waals surface area contributed by atoms with Gasteiger partial charge in [0.05, 0.1) is 18.9 Å². The lowest BCUT2D eigenvalue weighted by Crippen LogP contribution is -2.49. The fraction of sp³-hybridized carbons (Fsp3) is 0.467. The minimum absolute atomic E-state index is 0.0118. The van der Waals surface area contributed by atoms with Crippen molar-refractivity contribution in [3.05, 3.63) is 47.9 Å². The lowest BCUT2D eigenvalue weighted by atomic mass is 9.86. The van der Waals surface area contributed by atoms with Crippen molar-refractivity contribution in [1.82, 2.24) is 25.1 Å². The average molecular weight is 566 g/mol. The summed E-state index contributed by atoms with van der Waals surface area (Å²) in [6.07, 6.45) is 8.38. The number of hydrogen-bond donors (Lipinski definition) is 3. The van der Waals surface area contributed by atoms with Crippen LogP contribution in [0.1, 0.15) is 38.2 Å². The smallest absolute Gasteiger partial charge is 0.246 e. The molecule has 3 atom stereocenters. The molecule has 1 fully saturated rings. The van der Waals surface area contributed by atoms with E-state index in [-0.39, 0.29) is 29.5 Å². The maximum absolute atomic E-state index is 14.0. The van der Waals surface area contributed by atoms with E-state index in [2.05, 4.69) is 37.8 Å². The predicted molar refractivity (Wildman–Crippen MR) is 159 cm³/mol. The number of ether oxygens (including phenoxy) is 1. The molecule has 0 spiro atoms. The highest BCUT2D eigenvalue weighted by Gasteiger charge is 2.26. The van der Waals surface area contributed by atoms with Gasteiger partial charge < -0.3 is 30.5 Å². The molecule has 11 heteroatoms. The van der Waals surface area contributed by atoms with Gasteiger partial charge in [0.15, 0.2) is 11.6 Å². The molecule has 2 aromatic rings. The summed E-state index contributed by atoms with van der Waals surface area (Å²) in [6.45, 7) is 2.38. The topological polar surface area (TPSA) is 112 Å². The van der Waals surface area contributed by atoms with Crippen LogP contribution >= 0.6 is 0 Å². The van der Waals surface area contributed by atoms with Crippen LogP contribution in [0.3, 0.4) is 0 Å². The summed E-state index contributed by atoms with van der Waals surface area (Å²) in [6, 6.07) is 3.92. The van der Waals surface area contributed by atoms with E-state index in [0.29, 0.717) is 29.6 Å². The van der Waals surface area contributed by atoms with Crippen LogP contribution in [0.5, 0.6) is 5.75 Å². The molecule has 1 aromatic carbocycles. The maximum Gasteiger partial charge on any atom is 0.246 e. The van der Waals surface area contributed by atoms with Crippen LogP contribution < -0.4 is 20.7 Å². The molecule has 0 bridgehead atoms. The number of halogens is 1. The number of methoxy groups -OCH3 is 1. The Labute approximate surface area is 241 Å². The Bertz CT molecular complexity index is 1300. The number of benzene rings is 1. The summed E-state index contributed by atoms with van der Waals surface area (Å²) in [5, 5.41) is 9.14. The van der Waals surface area contributed by atoms with Gasteiger partial charge in [0, 0.05) is 50.4 Å². The number of aromatic nitrogens is 2. The second-order valence-electron chi connectivity index (χ2n) is 10.3. The fourth-order valence-electron chi connectivity index (χ4n) is 4.40. The zero-order valence-corrected chi connectivity index (χ0v) is 24.6. The lowest BCUT2D eigenvalue weighted by molar-refractivity contribution is -0.135. The standard InChI is InChI=1S/C30H40FN7O3/c1-20(38(5)27(39)11-8-16-37(3)4)29(40)34-23-10-7-9-21(17-23)12-13-22-19-33-30(36-28(22)32-2)35-24-14-15-26(41-6)25(31)18-24/h8,11,14-15,18-21,23H,7,9-10,16-17H2,1-6H3,(H,34,40)(H2,32,33,35,36)/t20-,21-,23-/m0/s1. The number of carbonyl (C=O) groups is 2. The molecule has 1 aromatic heterocycles. The Balaban J connectivity index is 1.59. The minimum Gasteiger partial charge on any atom is -0.494 e. The molecule has 2 amide bonds. The van der Waals surface area contributed by atoms with Crippen LogP contribution in [0, 0.1) is 23.6 Å². The predicted octanol–water partition coefficient (Wildman–Crippen LogP) is 3.40. The Morgan fingerprint density at radius 1 is 1.27 bits per heavy atom. The van der Waals surface area contributed by atoms with Crippen molar-refractivity contribution in [3.8, 4) is 17.6 Å². The second-order valence-corrected chi connectivity index (χ2v) is 10.3. The molecule has 0 aliphatic heterocycles. The number of hydrogen-bond acceptors (Lipinski definition) is 8. The Morgan fingerprint density at radius 2 is 2.05 bits per heavy atom. The molecular weight excluding hydrogens is 525 g/mol. The monoisotopic (exact) mass is 565 g/mol. The van der Waals surface area contributed by atoms with E-state index in [9.17, 15) is 14.0 Å². The van der Waals surface area contributed by atoms with Crippen molar-refractivity contribution in [2.45, 2.75) is 44.7 Å². The lowest BCUT2D eigenvalue weighted by Gasteiger charge is -2.30. The van der Waals surface area contributed by atoms with Gasteiger partial charge in [-0.3, -0.25) is 9.59 Å². The van der Waals surface area contributed by atoms with E-state index in [1.165, 1.54) is 30.2 Å². The summed E-state index contributed by atoms with van der Waals surface area (Å²) in [4.78, 5) is 37.5. The first-order chi connectivity index (χ1) is 19.6. The van der Waals surface area contributed by atoms with E-state index in [4.69, 9.17) is 4.74 Å². The van der Waals surface area contributed by atoms with Crippen LogP contribution in [0.25, 0.3) is 0 Å². The minimum atomic E-state index is -0.588. The third kappa shape index (κ3) is 9.18. The van der Waals surface area contributed by atoms with Crippen molar-refractivity contribution in [1.29, 1.82) is 0 Å². The Morgan fingerprint density at radius 3 is 2.73 bits per heavy atom. The number of carbonyl (C=O) groups excluding carboxylic acids is 2. The third-order valence-electron chi connectivity index (χ3n) is 6.90. The van der Waals surface area contributed by atoms with Crippen LogP contribution in [0.15, 0.2) is 36.5 Å². The van der Waals surface area contributed by atoms with E-state index < -0.39 is 11.9 Å². The largest absolute Gasteiger partial charge is 0.494 e. The first-order valence-corrected chi connectivity index (χ1v) is 13.7. The molecule has 0 saturated heterocycles. The van der Waals surface area contributed by atoms with Gasteiger partial charge in [-0.25, -0.2) is 9.37 Å². The summed E-state index contributed by atoms with van der Waals surface area (Å²) in [7, 11) is 8.64. The van der Waals surface area contributed by atoms with Gasteiger partial charge in [-0.2, -0.15) is 4.98 Å². The number of nitrogens with zero attached hydrogens (tertiary/aromatic N) is 4. The van der Waals surface area contributed by atoms with E-state index in [1.54, 1.807) is 39.4 Å². The average Bonchev–Trinajstić information content (AvgIpc) is 2.95. The van der Waals surface area contributed by atoms with Crippen molar-refractivity contribution >= 4 is 29.3 Å². The van der Waals surface area contributed by atoms with Crippen LogP contribution in [-0.4, -0.2) is 85.5 Å². The van der Waals surface area contributed by atoms with Gasteiger partial charge in [-0.15, -0.1) is 0 Å². The van der Waals surface area contributed by atoms with Crippen molar-refractivity contribution < 1.29 is 18.7 Å². The summed E-state index contributed by atoms with van der Waals surface area (Å²) in [5.41, 5.74) is 1.13. The van der Waals surface area contributed by atoms with Crippen LogP contribution in [0.4, 0.5) is 21.8 Å². The molecule has 3 rings (SSSR count). The number of anilines is 3. The number of rotatable bonds is 10. The summed E-state index contributed by atoms with van der Waals surface area (Å²) in [5.74, 6) is 6.75. The quantitative estimate of drug-likeness (QED) is 0.297. The highest BCUT2D eigenvalue weighted by atomic mass is 19.1. The summed E-state index contributed by atoms with van der Waals surface area (Å²) < 4.78 is 19.0. The fourth-order valence-corrected chi connectivity index (χ4v) is 4.40. The molecule has 1 aliphatic carbocycles. The van der Waals surface area contributed by atoms with Gasteiger partial charge >= 0.3 is 0 Å². The molecule has 0 unspecified atom stereocenters. The first kappa shape index (κ1) is 31.4. The first-order valence-electron chi connectivity index (χ1n) is 13.7. The molecule has 3 N–H and O–H groups in total. The van der Waals surface area contributed by atoms with E-state index in [0.717, 1.165) is 25.7 Å². The van der Waals surface area contributed by atoms with Crippen molar-refractivity contribution in [2.75, 3.05) is 52.5 Å².